The molecule has 0 saturated carbocycles. The zero-order chi connectivity index (χ0) is 14.7. The number of nitrogens with two attached hydrogens (primary N) is 1. The predicted molar refractivity (Wildman–Crippen MR) is 83.9 cm³/mol. The Labute approximate surface area is 124 Å². The molecule has 21 heavy (non-hydrogen) atoms. The second-order valence-electron chi connectivity index (χ2n) is 4.99. The smallest absolute Gasteiger partial charge is 0.218 e. The number of rotatable bonds is 3. The first-order chi connectivity index (χ1) is 10.3. The zero-order valence-electron chi connectivity index (χ0n) is 12.1. The molecule has 1 saturated heterocycles. The molecule has 1 aromatic heterocycles. The van der Waals surface area contributed by atoms with Crippen LogP contribution in [0, 0.1) is 0 Å². The minimum Gasteiger partial charge on any atom is -0.481 e. The van der Waals surface area contributed by atoms with Crippen molar-refractivity contribution < 1.29 is 4.74 Å². The Morgan fingerprint density at radius 2 is 1.81 bits per heavy atom. The van der Waals surface area contributed by atoms with Crippen LogP contribution in [-0.4, -0.2) is 43.3 Å². The summed E-state index contributed by atoms with van der Waals surface area (Å²) in [5.41, 5.74) is 7.82. The normalized spacial score (nSPS) is 15.1. The van der Waals surface area contributed by atoms with Crippen molar-refractivity contribution in [2.45, 2.75) is 0 Å². The molecule has 0 spiro atoms. The number of methoxy groups -OCH3 is 1. The average Bonchev–Trinajstić information content (AvgIpc) is 2.55. The maximum atomic E-state index is 5.85. The SMILES string of the molecule is COc1cc(N2CCN(c3cccc(N)c3)CC2)ncn1. The monoisotopic (exact) mass is 285 g/mol. The maximum absolute atomic E-state index is 5.85. The van der Waals surface area contributed by atoms with E-state index in [1.807, 2.05) is 24.3 Å². The van der Waals surface area contributed by atoms with Gasteiger partial charge in [-0.2, -0.15) is 0 Å². The van der Waals surface area contributed by atoms with E-state index in [2.05, 4.69) is 25.8 Å². The lowest BCUT2D eigenvalue weighted by molar-refractivity contribution is 0.396. The van der Waals surface area contributed by atoms with Crippen molar-refractivity contribution in [1.29, 1.82) is 0 Å². The summed E-state index contributed by atoms with van der Waals surface area (Å²) < 4.78 is 5.15. The first kappa shape index (κ1) is 13.5. The van der Waals surface area contributed by atoms with Crippen molar-refractivity contribution in [3.05, 3.63) is 36.7 Å². The first-order valence-electron chi connectivity index (χ1n) is 6.98. The third-order valence-electron chi connectivity index (χ3n) is 3.68. The molecule has 2 aromatic rings. The van der Waals surface area contributed by atoms with Crippen molar-refractivity contribution in [2.24, 2.45) is 0 Å². The Kier molecular flexibility index (Phi) is 3.77. The summed E-state index contributed by atoms with van der Waals surface area (Å²) in [6, 6.07) is 9.89. The van der Waals surface area contributed by atoms with Gasteiger partial charge in [-0.15, -0.1) is 0 Å². The summed E-state index contributed by atoms with van der Waals surface area (Å²) in [4.78, 5) is 12.9. The Bertz CT molecular complexity index is 611. The highest BCUT2D eigenvalue weighted by molar-refractivity contribution is 5.57. The fourth-order valence-corrected chi connectivity index (χ4v) is 2.53. The lowest BCUT2D eigenvalue weighted by Gasteiger charge is -2.36. The number of aromatic nitrogens is 2. The Morgan fingerprint density at radius 3 is 2.52 bits per heavy atom. The molecule has 0 radical (unpaired) electrons. The number of nitrogens with zero attached hydrogens (tertiary/aromatic N) is 4. The van der Waals surface area contributed by atoms with Gasteiger partial charge in [0.1, 0.15) is 12.1 Å². The fraction of sp³-hybridized carbons (Fsp3) is 0.333. The molecule has 0 unspecified atom stereocenters. The zero-order valence-corrected chi connectivity index (χ0v) is 12.1. The maximum Gasteiger partial charge on any atom is 0.218 e. The summed E-state index contributed by atoms with van der Waals surface area (Å²) in [5.74, 6) is 1.51. The lowest BCUT2D eigenvalue weighted by atomic mass is 10.2. The van der Waals surface area contributed by atoms with Crippen molar-refractivity contribution >= 4 is 17.2 Å². The van der Waals surface area contributed by atoms with Crippen LogP contribution in [0.4, 0.5) is 17.2 Å². The van der Waals surface area contributed by atoms with Gasteiger partial charge in [0.15, 0.2) is 0 Å². The number of benzene rings is 1. The molecular formula is C15H19N5O. The number of ether oxygens (including phenoxy) is 1. The third kappa shape index (κ3) is 2.99. The highest BCUT2D eigenvalue weighted by Crippen LogP contribution is 2.22. The van der Waals surface area contributed by atoms with Gasteiger partial charge in [0, 0.05) is 43.6 Å². The fourth-order valence-electron chi connectivity index (χ4n) is 2.53. The van der Waals surface area contributed by atoms with E-state index >= 15 is 0 Å². The Morgan fingerprint density at radius 1 is 1.05 bits per heavy atom. The molecule has 0 bridgehead atoms. The van der Waals surface area contributed by atoms with Crippen LogP contribution in [0.3, 0.4) is 0 Å². The molecule has 2 N–H and O–H groups in total. The van der Waals surface area contributed by atoms with Gasteiger partial charge in [-0.25, -0.2) is 9.97 Å². The van der Waals surface area contributed by atoms with E-state index in [1.165, 1.54) is 5.69 Å². The van der Waals surface area contributed by atoms with Crippen molar-refractivity contribution in [1.82, 2.24) is 9.97 Å². The van der Waals surface area contributed by atoms with Crippen LogP contribution in [0.2, 0.25) is 0 Å². The van der Waals surface area contributed by atoms with E-state index in [9.17, 15) is 0 Å². The van der Waals surface area contributed by atoms with E-state index in [-0.39, 0.29) is 0 Å². The van der Waals surface area contributed by atoms with Crippen LogP contribution in [0.1, 0.15) is 0 Å². The Hall–Kier alpha value is -2.50. The number of nitrogen functional groups attached to an aromatic ring is 1. The molecule has 1 fully saturated rings. The molecule has 2 heterocycles. The van der Waals surface area contributed by atoms with Crippen molar-refractivity contribution in [2.75, 3.05) is 48.8 Å². The first-order valence-corrected chi connectivity index (χ1v) is 6.98. The molecule has 6 nitrogen and oxygen atoms in total. The molecule has 3 rings (SSSR count). The number of hydrogen-bond donors (Lipinski definition) is 1. The van der Waals surface area contributed by atoms with Gasteiger partial charge >= 0.3 is 0 Å². The summed E-state index contributed by atoms with van der Waals surface area (Å²) >= 11 is 0. The summed E-state index contributed by atoms with van der Waals surface area (Å²) in [7, 11) is 1.61. The topological polar surface area (TPSA) is 67.5 Å². The van der Waals surface area contributed by atoms with E-state index in [1.54, 1.807) is 13.4 Å². The molecule has 6 heteroatoms. The molecule has 1 aliphatic heterocycles. The van der Waals surface area contributed by atoms with Crippen LogP contribution in [0.5, 0.6) is 5.88 Å². The van der Waals surface area contributed by atoms with Gasteiger partial charge in [0.25, 0.3) is 0 Å². The van der Waals surface area contributed by atoms with Gasteiger partial charge in [-0.1, -0.05) is 6.07 Å². The molecule has 1 aromatic carbocycles. The molecule has 0 aliphatic carbocycles. The molecule has 0 amide bonds. The molecule has 110 valence electrons. The number of hydrogen-bond acceptors (Lipinski definition) is 6. The van der Waals surface area contributed by atoms with Gasteiger partial charge in [-0.05, 0) is 18.2 Å². The summed E-state index contributed by atoms with van der Waals surface area (Å²) in [6.07, 6.45) is 1.54. The lowest BCUT2D eigenvalue weighted by Crippen LogP contribution is -2.46. The number of anilines is 3. The minimum atomic E-state index is 0.596. The van der Waals surface area contributed by atoms with Crippen LogP contribution >= 0.6 is 0 Å². The number of piperazine rings is 1. The average molecular weight is 285 g/mol. The third-order valence-corrected chi connectivity index (χ3v) is 3.68. The van der Waals surface area contributed by atoms with Gasteiger partial charge in [0.2, 0.25) is 5.88 Å². The van der Waals surface area contributed by atoms with E-state index in [0.717, 1.165) is 37.7 Å². The highest BCUT2D eigenvalue weighted by atomic mass is 16.5. The van der Waals surface area contributed by atoms with Gasteiger partial charge < -0.3 is 20.3 Å². The standard InChI is InChI=1S/C15H19N5O/c1-21-15-10-14(17-11-18-15)20-7-5-19(6-8-20)13-4-2-3-12(16)9-13/h2-4,9-11H,5-8,16H2,1H3. The molecule has 1 aliphatic rings. The quantitative estimate of drug-likeness (QED) is 0.860. The van der Waals surface area contributed by atoms with Crippen LogP contribution in [0.25, 0.3) is 0 Å². The highest BCUT2D eigenvalue weighted by Gasteiger charge is 2.18. The largest absolute Gasteiger partial charge is 0.481 e. The van der Waals surface area contributed by atoms with Gasteiger partial charge in [0.05, 0.1) is 7.11 Å². The van der Waals surface area contributed by atoms with Gasteiger partial charge in [-0.3, -0.25) is 0 Å². The summed E-state index contributed by atoms with van der Waals surface area (Å²) in [6.45, 7) is 3.70. The second kappa shape index (κ2) is 5.87. The van der Waals surface area contributed by atoms with Crippen LogP contribution in [0.15, 0.2) is 36.7 Å². The summed E-state index contributed by atoms with van der Waals surface area (Å²) in [5, 5.41) is 0. The predicted octanol–water partition coefficient (Wildman–Crippen LogP) is 1.39. The van der Waals surface area contributed by atoms with E-state index in [4.69, 9.17) is 10.5 Å². The Balaban J connectivity index is 1.67. The molecular weight excluding hydrogens is 266 g/mol. The van der Waals surface area contributed by atoms with Crippen molar-refractivity contribution in [3.63, 3.8) is 0 Å². The van der Waals surface area contributed by atoms with E-state index < -0.39 is 0 Å². The minimum absolute atomic E-state index is 0.596. The van der Waals surface area contributed by atoms with Crippen LogP contribution < -0.4 is 20.3 Å². The van der Waals surface area contributed by atoms with Crippen molar-refractivity contribution in [3.8, 4) is 5.88 Å². The van der Waals surface area contributed by atoms with Crippen LogP contribution in [-0.2, 0) is 0 Å². The molecule has 0 atom stereocenters. The second-order valence-corrected chi connectivity index (χ2v) is 4.99. The van der Waals surface area contributed by atoms with E-state index in [0.29, 0.717) is 5.88 Å².